The average molecular weight is 416 g/mol. The Kier molecular flexibility index (Phi) is 4.90. The zero-order chi connectivity index (χ0) is 21.4. The summed E-state index contributed by atoms with van der Waals surface area (Å²) in [7, 11) is 1.50. The number of rotatable bonds is 4. The van der Waals surface area contributed by atoms with Crippen LogP contribution in [0, 0.1) is 17.5 Å². The van der Waals surface area contributed by atoms with Gasteiger partial charge in [-0.05, 0) is 6.07 Å². The second kappa shape index (κ2) is 7.54. The van der Waals surface area contributed by atoms with Crippen LogP contribution in [0.2, 0.25) is 0 Å². The van der Waals surface area contributed by atoms with Crippen molar-refractivity contribution >= 4 is 23.3 Å². The Morgan fingerprint density at radius 1 is 1.20 bits per heavy atom. The molecule has 7 nitrogen and oxygen atoms in total. The van der Waals surface area contributed by atoms with Gasteiger partial charge in [0.15, 0.2) is 17.5 Å². The van der Waals surface area contributed by atoms with Gasteiger partial charge >= 0.3 is 0 Å². The van der Waals surface area contributed by atoms with Crippen LogP contribution in [0.25, 0.3) is 11.1 Å². The molecule has 2 N–H and O–H groups in total. The van der Waals surface area contributed by atoms with E-state index in [1.54, 1.807) is 24.3 Å². The number of halogens is 3. The fourth-order valence-corrected chi connectivity index (χ4v) is 3.29. The van der Waals surface area contributed by atoms with Crippen LogP contribution in [0.1, 0.15) is 12.5 Å². The molecule has 30 heavy (non-hydrogen) atoms. The maximum Gasteiger partial charge on any atom is 0.249 e. The van der Waals surface area contributed by atoms with Gasteiger partial charge in [-0.2, -0.15) is 5.10 Å². The molecule has 1 atom stereocenters. The first-order chi connectivity index (χ1) is 14.4. The highest BCUT2D eigenvalue weighted by atomic mass is 19.2. The number of ether oxygens (including phenoxy) is 1. The number of hydrogen-bond donors (Lipinski definition) is 2. The number of hydrogen-bond acceptors (Lipinski definition) is 4. The second-order valence-electron chi connectivity index (χ2n) is 6.56. The molecule has 154 valence electrons. The minimum Gasteiger partial charge on any atom is -0.496 e. The molecule has 2 amide bonds. The Balaban J connectivity index is 1.68. The molecule has 0 bridgehead atoms. The topological polar surface area (TPSA) is 85.2 Å². The normalized spacial score (nSPS) is 15.3. The third-order valence-corrected chi connectivity index (χ3v) is 4.68. The van der Waals surface area contributed by atoms with Gasteiger partial charge in [-0.1, -0.05) is 18.2 Å². The predicted molar refractivity (Wildman–Crippen MR) is 101 cm³/mol. The standard InChI is InChI=1S/C20H15F3N4O3/c1-30-16-5-3-2-4-11(16)12-9-24-27-15(8-17(28)26-19(12)27)20(29)25-10-6-13(21)18(23)14(22)7-10/h2-7,9,15H,8H2,1H3,(H,25,29)(H,26,28)/t15-/m1/s1. The van der Waals surface area contributed by atoms with Gasteiger partial charge in [0.05, 0.1) is 19.7 Å². The lowest BCUT2D eigenvalue weighted by Crippen LogP contribution is -2.35. The minimum atomic E-state index is -1.64. The van der Waals surface area contributed by atoms with E-state index in [-0.39, 0.29) is 17.9 Å². The molecule has 0 radical (unpaired) electrons. The molecule has 0 fully saturated rings. The molecule has 3 aromatic rings. The molecule has 0 spiro atoms. The van der Waals surface area contributed by atoms with Gasteiger partial charge in [0.1, 0.15) is 17.6 Å². The van der Waals surface area contributed by atoms with E-state index in [0.717, 1.165) is 0 Å². The summed E-state index contributed by atoms with van der Waals surface area (Å²) in [6.45, 7) is 0. The maximum atomic E-state index is 13.4. The third-order valence-electron chi connectivity index (χ3n) is 4.68. The molecule has 0 saturated heterocycles. The molecule has 0 saturated carbocycles. The monoisotopic (exact) mass is 416 g/mol. The zero-order valence-electron chi connectivity index (χ0n) is 15.6. The van der Waals surface area contributed by atoms with Gasteiger partial charge in [-0.3, -0.25) is 9.59 Å². The van der Waals surface area contributed by atoms with E-state index < -0.39 is 35.3 Å². The van der Waals surface area contributed by atoms with E-state index in [0.29, 0.717) is 29.0 Å². The number of fused-ring (bicyclic) bond motifs is 1. The van der Waals surface area contributed by atoms with Crippen LogP contribution in [-0.2, 0) is 9.59 Å². The largest absolute Gasteiger partial charge is 0.496 e. The summed E-state index contributed by atoms with van der Waals surface area (Å²) in [5.41, 5.74) is 0.920. The zero-order valence-corrected chi connectivity index (χ0v) is 15.6. The Hall–Kier alpha value is -3.82. The van der Waals surface area contributed by atoms with Gasteiger partial charge in [-0.25, -0.2) is 17.9 Å². The molecule has 2 heterocycles. The Labute approximate surface area is 168 Å². The van der Waals surface area contributed by atoms with Crippen molar-refractivity contribution in [2.24, 2.45) is 0 Å². The fourth-order valence-electron chi connectivity index (χ4n) is 3.29. The lowest BCUT2D eigenvalue weighted by molar-refractivity contribution is -0.125. The van der Waals surface area contributed by atoms with Crippen LogP contribution in [-0.4, -0.2) is 28.7 Å². The van der Waals surface area contributed by atoms with Gasteiger partial charge in [0.2, 0.25) is 11.8 Å². The first-order valence-corrected chi connectivity index (χ1v) is 8.85. The summed E-state index contributed by atoms with van der Waals surface area (Å²) in [6, 6.07) is 7.33. The van der Waals surface area contributed by atoms with Crippen molar-refractivity contribution in [1.29, 1.82) is 0 Å². The van der Waals surface area contributed by atoms with Gasteiger partial charge in [-0.15, -0.1) is 0 Å². The number of nitrogens with zero attached hydrogens (tertiary/aromatic N) is 2. The number of nitrogens with one attached hydrogen (secondary N) is 2. The van der Waals surface area contributed by atoms with Crippen molar-refractivity contribution in [3.63, 3.8) is 0 Å². The number of benzene rings is 2. The van der Waals surface area contributed by atoms with Gasteiger partial charge in [0.25, 0.3) is 0 Å². The molecule has 1 aliphatic heterocycles. The van der Waals surface area contributed by atoms with Crippen molar-refractivity contribution in [2.75, 3.05) is 17.7 Å². The quantitative estimate of drug-likeness (QED) is 0.638. The van der Waals surface area contributed by atoms with E-state index in [9.17, 15) is 22.8 Å². The Morgan fingerprint density at radius 2 is 1.90 bits per heavy atom. The minimum absolute atomic E-state index is 0.238. The Morgan fingerprint density at radius 3 is 2.60 bits per heavy atom. The van der Waals surface area contributed by atoms with E-state index in [4.69, 9.17) is 4.74 Å². The number of para-hydroxylation sites is 1. The van der Waals surface area contributed by atoms with E-state index >= 15 is 0 Å². The molecule has 1 aromatic heterocycles. The highest BCUT2D eigenvalue weighted by Gasteiger charge is 2.34. The van der Waals surface area contributed by atoms with Crippen molar-refractivity contribution in [3.05, 3.63) is 60.0 Å². The molecule has 0 aliphatic carbocycles. The molecule has 10 heteroatoms. The highest BCUT2D eigenvalue weighted by molar-refractivity contribution is 6.03. The molecule has 0 unspecified atom stereocenters. The molecular weight excluding hydrogens is 401 g/mol. The summed E-state index contributed by atoms with van der Waals surface area (Å²) in [5, 5.41) is 9.21. The van der Waals surface area contributed by atoms with Crippen LogP contribution in [0.3, 0.4) is 0 Å². The number of methoxy groups -OCH3 is 1. The van der Waals surface area contributed by atoms with Crippen LogP contribution < -0.4 is 15.4 Å². The van der Waals surface area contributed by atoms with Crippen LogP contribution >= 0.6 is 0 Å². The van der Waals surface area contributed by atoms with Crippen molar-refractivity contribution in [1.82, 2.24) is 9.78 Å². The lowest BCUT2D eigenvalue weighted by atomic mass is 10.1. The SMILES string of the molecule is COc1ccccc1-c1cnn2c1NC(=O)C[C@@H]2C(=O)Nc1cc(F)c(F)c(F)c1. The first-order valence-electron chi connectivity index (χ1n) is 8.85. The van der Waals surface area contributed by atoms with Crippen LogP contribution in [0.15, 0.2) is 42.6 Å². The van der Waals surface area contributed by atoms with Crippen LogP contribution in [0.5, 0.6) is 5.75 Å². The van der Waals surface area contributed by atoms with Crippen molar-refractivity contribution in [3.8, 4) is 16.9 Å². The first kappa shape index (κ1) is 19.5. The number of aromatic nitrogens is 2. The fraction of sp³-hybridized carbons (Fsp3) is 0.150. The smallest absolute Gasteiger partial charge is 0.249 e. The molecular formula is C20H15F3N4O3. The number of carbonyl (C=O) groups is 2. The average Bonchev–Trinajstić information content (AvgIpc) is 3.14. The Bertz CT molecular complexity index is 1140. The summed E-state index contributed by atoms with van der Waals surface area (Å²) in [6.07, 6.45) is 1.24. The lowest BCUT2D eigenvalue weighted by Gasteiger charge is -2.24. The van der Waals surface area contributed by atoms with Crippen molar-refractivity contribution in [2.45, 2.75) is 12.5 Å². The van der Waals surface area contributed by atoms with Gasteiger partial charge < -0.3 is 15.4 Å². The number of anilines is 2. The maximum absolute atomic E-state index is 13.4. The third kappa shape index (κ3) is 3.36. The second-order valence-corrected chi connectivity index (χ2v) is 6.56. The molecule has 2 aromatic carbocycles. The summed E-state index contributed by atoms with van der Waals surface area (Å²) in [4.78, 5) is 25.0. The van der Waals surface area contributed by atoms with E-state index in [1.807, 2.05) is 0 Å². The van der Waals surface area contributed by atoms with E-state index in [2.05, 4.69) is 15.7 Å². The van der Waals surface area contributed by atoms with E-state index in [1.165, 1.54) is 18.0 Å². The molecule has 4 rings (SSSR count). The highest BCUT2D eigenvalue weighted by Crippen LogP contribution is 2.38. The summed E-state index contributed by atoms with van der Waals surface area (Å²) in [5.74, 6) is -4.85. The van der Waals surface area contributed by atoms with Gasteiger partial charge in [0, 0.05) is 28.9 Å². The summed E-state index contributed by atoms with van der Waals surface area (Å²) >= 11 is 0. The van der Waals surface area contributed by atoms with Crippen molar-refractivity contribution < 1.29 is 27.5 Å². The predicted octanol–water partition coefficient (Wildman–Crippen LogP) is 3.50. The van der Waals surface area contributed by atoms with Crippen LogP contribution in [0.4, 0.5) is 24.7 Å². The summed E-state index contributed by atoms with van der Waals surface area (Å²) < 4.78 is 46.7. The number of amides is 2. The number of carbonyl (C=O) groups excluding carboxylic acids is 2. The molecule has 1 aliphatic rings.